The van der Waals surface area contributed by atoms with E-state index in [2.05, 4.69) is 15.4 Å². The molecule has 0 aliphatic heterocycles. The molecular formula is C24H24F2N2O2. The zero-order chi connectivity index (χ0) is 21.5. The number of nitrogens with one attached hydrogen (secondary N) is 2. The molecule has 0 aromatic heterocycles. The van der Waals surface area contributed by atoms with Crippen LogP contribution in [0, 0.1) is 13.8 Å². The first-order valence-corrected chi connectivity index (χ1v) is 9.62. The molecule has 6 heteroatoms. The van der Waals surface area contributed by atoms with Crippen molar-refractivity contribution >= 4 is 11.6 Å². The Morgan fingerprint density at radius 3 is 2.23 bits per heavy atom. The van der Waals surface area contributed by atoms with E-state index >= 15 is 0 Å². The highest BCUT2D eigenvalue weighted by molar-refractivity contribution is 5.93. The predicted octanol–water partition coefficient (Wildman–Crippen LogP) is 5.22. The third-order valence-corrected chi connectivity index (χ3v) is 4.69. The lowest BCUT2D eigenvalue weighted by Crippen LogP contribution is -2.32. The monoisotopic (exact) mass is 410 g/mol. The van der Waals surface area contributed by atoms with Crippen molar-refractivity contribution in [2.45, 2.75) is 26.5 Å². The molecule has 3 aromatic rings. The van der Waals surface area contributed by atoms with Gasteiger partial charge in [0.1, 0.15) is 5.75 Å². The molecule has 0 saturated carbocycles. The molecule has 0 radical (unpaired) electrons. The Morgan fingerprint density at radius 1 is 0.933 bits per heavy atom. The van der Waals surface area contributed by atoms with Gasteiger partial charge in [0, 0.05) is 5.69 Å². The summed E-state index contributed by atoms with van der Waals surface area (Å²) >= 11 is 0. The fourth-order valence-corrected chi connectivity index (χ4v) is 3.26. The van der Waals surface area contributed by atoms with Crippen LogP contribution in [0.1, 0.15) is 28.3 Å². The fourth-order valence-electron chi connectivity index (χ4n) is 3.26. The number of hydrogen-bond acceptors (Lipinski definition) is 3. The number of aryl methyl sites for hydroxylation is 2. The molecule has 0 unspecified atom stereocenters. The van der Waals surface area contributed by atoms with Gasteiger partial charge in [-0.05, 0) is 48.7 Å². The summed E-state index contributed by atoms with van der Waals surface area (Å²) in [6, 6.07) is 21.6. The van der Waals surface area contributed by atoms with Gasteiger partial charge in [-0.2, -0.15) is 8.78 Å². The quantitative estimate of drug-likeness (QED) is 0.535. The molecule has 0 saturated heterocycles. The molecule has 0 spiro atoms. The Bertz CT molecular complexity index is 976. The molecule has 4 nitrogen and oxygen atoms in total. The van der Waals surface area contributed by atoms with Crippen molar-refractivity contribution < 1.29 is 18.3 Å². The molecule has 0 bridgehead atoms. The molecule has 0 fully saturated rings. The number of carbonyl (C=O) groups is 1. The number of benzene rings is 3. The van der Waals surface area contributed by atoms with Gasteiger partial charge >= 0.3 is 6.61 Å². The number of rotatable bonds is 8. The van der Waals surface area contributed by atoms with Gasteiger partial charge in [-0.25, -0.2) is 0 Å². The highest BCUT2D eigenvalue weighted by Gasteiger charge is 2.16. The van der Waals surface area contributed by atoms with Crippen LogP contribution < -0.4 is 15.4 Å². The molecule has 2 N–H and O–H groups in total. The fraction of sp³-hybridized carbons (Fsp3) is 0.208. The number of amides is 1. The van der Waals surface area contributed by atoms with Crippen LogP contribution in [0.25, 0.3) is 0 Å². The normalized spacial score (nSPS) is 11.9. The second kappa shape index (κ2) is 9.98. The summed E-state index contributed by atoms with van der Waals surface area (Å²) in [5.41, 5.74) is 4.70. The minimum atomic E-state index is -2.87. The number of anilines is 1. The maximum absolute atomic E-state index is 12.5. The van der Waals surface area contributed by atoms with Crippen molar-refractivity contribution in [2.75, 3.05) is 11.9 Å². The molecule has 30 heavy (non-hydrogen) atoms. The number of carbonyl (C=O) groups excluding carboxylic acids is 1. The summed E-state index contributed by atoms with van der Waals surface area (Å²) in [5, 5.41) is 6.18. The van der Waals surface area contributed by atoms with Crippen LogP contribution in [0.4, 0.5) is 14.5 Å². The SMILES string of the molecule is Cc1ccc(NC(=O)CN[C@@H](c2ccccc2)c2ccc(OC(F)F)cc2)c(C)c1. The number of alkyl halides is 2. The highest BCUT2D eigenvalue weighted by atomic mass is 19.3. The Hall–Kier alpha value is -3.25. The molecule has 0 heterocycles. The lowest BCUT2D eigenvalue weighted by Gasteiger charge is -2.20. The zero-order valence-electron chi connectivity index (χ0n) is 16.9. The highest BCUT2D eigenvalue weighted by Crippen LogP contribution is 2.25. The Kier molecular flexibility index (Phi) is 7.14. The van der Waals surface area contributed by atoms with Crippen molar-refractivity contribution in [2.24, 2.45) is 0 Å². The molecule has 1 amide bonds. The minimum Gasteiger partial charge on any atom is -0.435 e. The summed E-state index contributed by atoms with van der Waals surface area (Å²) in [5.74, 6) is -0.0753. The van der Waals surface area contributed by atoms with E-state index in [0.717, 1.165) is 27.9 Å². The smallest absolute Gasteiger partial charge is 0.387 e. The lowest BCUT2D eigenvalue weighted by molar-refractivity contribution is -0.115. The summed E-state index contributed by atoms with van der Waals surface area (Å²) in [6.07, 6.45) is 0. The van der Waals surface area contributed by atoms with E-state index in [-0.39, 0.29) is 24.2 Å². The van der Waals surface area contributed by atoms with Crippen LogP contribution in [-0.2, 0) is 4.79 Å². The van der Waals surface area contributed by atoms with Crippen molar-refractivity contribution in [3.05, 3.63) is 95.1 Å². The van der Waals surface area contributed by atoms with Crippen LogP contribution in [0.2, 0.25) is 0 Å². The summed E-state index contributed by atoms with van der Waals surface area (Å²) < 4.78 is 29.2. The maximum Gasteiger partial charge on any atom is 0.387 e. The first-order valence-electron chi connectivity index (χ1n) is 9.62. The summed E-state index contributed by atoms with van der Waals surface area (Å²) in [6.45, 7) is 1.17. The van der Waals surface area contributed by atoms with Crippen LogP contribution in [0.15, 0.2) is 72.8 Å². The average Bonchev–Trinajstić information content (AvgIpc) is 2.72. The van der Waals surface area contributed by atoms with Crippen LogP contribution in [-0.4, -0.2) is 19.1 Å². The van der Waals surface area contributed by atoms with E-state index in [1.165, 1.54) is 12.1 Å². The van der Waals surface area contributed by atoms with Gasteiger partial charge in [0.15, 0.2) is 0 Å². The maximum atomic E-state index is 12.5. The second-order valence-corrected chi connectivity index (χ2v) is 7.04. The average molecular weight is 410 g/mol. The van der Waals surface area contributed by atoms with E-state index in [1.807, 2.05) is 62.4 Å². The van der Waals surface area contributed by atoms with Crippen LogP contribution >= 0.6 is 0 Å². The number of halogens is 2. The molecular weight excluding hydrogens is 386 g/mol. The van der Waals surface area contributed by atoms with Gasteiger partial charge in [0.2, 0.25) is 5.91 Å². The molecule has 156 valence electrons. The second-order valence-electron chi connectivity index (χ2n) is 7.04. The Morgan fingerprint density at radius 2 is 1.60 bits per heavy atom. The first kappa shape index (κ1) is 21.5. The third-order valence-electron chi connectivity index (χ3n) is 4.69. The van der Waals surface area contributed by atoms with Crippen LogP contribution in [0.3, 0.4) is 0 Å². The van der Waals surface area contributed by atoms with E-state index in [0.29, 0.717) is 0 Å². The van der Waals surface area contributed by atoms with E-state index in [1.54, 1.807) is 12.1 Å². The predicted molar refractivity (Wildman–Crippen MR) is 114 cm³/mol. The molecule has 1 atom stereocenters. The van der Waals surface area contributed by atoms with Crippen molar-refractivity contribution in [1.82, 2.24) is 5.32 Å². The van der Waals surface area contributed by atoms with Crippen molar-refractivity contribution in [3.8, 4) is 5.75 Å². The van der Waals surface area contributed by atoms with E-state index in [9.17, 15) is 13.6 Å². The molecule has 0 aliphatic rings. The van der Waals surface area contributed by atoms with Gasteiger partial charge in [-0.1, -0.05) is 60.2 Å². The van der Waals surface area contributed by atoms with Gasteiger partial charge in [0.25, 0.3) is 0 Å². The minimum absolute atomic E-state index is 0.0855. The first-order chi connectivity index (χ1) is 14.4. The Balaban J connectivity index is 1.72. The number of hydrogen-bond donors (Lipinski definition) is 2. The zero-order valence-corrected chi connectivity index (χ0v) is 16.9. The van der Waals surface area contributed by atoms with Gasteiger partial charge in [-0.15, -0.1) is 0 Å². The molecule has 3 rings (SSSR count). The Labute approximate surface area is 174 Å². The van der Waals surface area contributed by atoms with Gasteiger partial charge in [0.05, 0.1) is 12.6 Å². The van der Waals surface area contributed by atoms with Gasteiger partial charge < -0.3 is 10.1 Å². The van der Waals surface area contributed by atoms with E-state index in [4.69, 9.17) is 0 Å². The summed E-state index contributed by atoms with van der Waals surface area (Å²) in [4.78, 5) is 12.5. The standard InChI is InChI=1S/C24H24F2N2O2/c1-16-8-13-21(17(2)14-16)28-22(29)15-27-23(18-6-4-3-5-7-18)19-9-11-20(12-10-19)30-24(25)26/h3-14,23-24,27H,15H2,1-2H3,(H,28,29)/t23-/m0/s1. The topological polar surface area (TPSA) is 50.4 Å². The molecule has 0 aliphatic carbocycles. The van der Waals surface area contributed by atoms with Crippen LogP contribution in [0.5, 0.6) is 5.75 Å². The van der Waals surface area contributed by atoms with Crippen molar-refractivity contribution in [1.29, 1.82) is 0 Å². The summed E-state index contributed by atoms with van der Waals surface area (Å²) in [7, 11) is 0. The lowest BCUT2D eigenvalue weighted by atomic mass is 9.98. The van der Waals surface area contributed by atoms with E-state index < -0.39 is 6.61 Å². The molecule has 3 aromatic carbocycles. The third kappa shape index (κ3) is 5.87. The largest absolute Gasteiger partial charge is 0.435 e. The van der Waals surface area contributed by atoms with Gasteiger partial charge in [-0.3, -0.25) is 10.1 Å². The number of ether oxygens (including phenoxy) is 1. The van der Waals surface area contributed by atoms with Crippen molar-refractivity contribution in [3.63, 3.8) is 0 Å².